The zero-order valence-corrected chi connectivity index (χ0v) is 15.6. The number of alkyl halides is 3. The van der Waals surface area contributed by atoms with E-state index in [2.05, 4.69) is 5.32 Å². The number of hydrogen-bond donors (Lipinski definition) is 1. The SMILES string of the molecule is CCOCCOC(=O)COc1ccc(C(=O)Nc2cccc(C(F)(F)F)c2)cc1. The molecule has 156 valence electrons. The number of hydrogen-bond acceptors (Lipinski definition) is 5. The molecular formula is C20H20F3NO5. The number of carbonyl (C=O) groups excluding carboxylic acids is 2. The summed E-state index contributed by atoms with van der Waals surface area (Å²) in [6, 6.07) is 10.1. The van der Waals surface area contributed by atoms with E-state index in [0.717, 1.165) is 12.1 Å². The van der Waals surface area contributed by atoms with Gasteiger partial charge in [0.25, 0.3) is 5.91 Å². The van der Waals surface area contributed by atoms with Gasteiger partial charge >= 0.3 is 12.1 Å². The molecule has 0 atom stereocenters. The normalized spacial score (nSPS) is 11.0. The molecule has 0 fully saturated rings. The molecule has 9 heteroatoms. The highest BCUT2D eigenvalue weighted by molar-refractivity contribution is 6.04. The Kier molecular flexibility index (Phi) is 8.02. The molecule has 0 radical (unpaired) electrons. The zero-order chi connectivity index (χ0) is 21.3. The molecule has 6 nitrogen and oxygen atoms in total. The van der Waals surface area contributed by atoms with Gasteiger partial charge in [0.1, 0.15) is 12.4 Å². The standard InChI is InChI=1S/C20H20F3NO5/c1-2-27-10-11-28-18(25)13-29-17-8-6-14(7-9-17)19(26)24-16-5-3-4-15(12-16)20(21,22)23/h3-9,12H,2,10-11,13H2,1H3,(H,24,26). The van der Waals surface area contributed by atoms with E-state index in [9.17, 15) is 22.8 Å². The number of anilines is 1. The largest absolute Gasteiger partial charge is 0.482 e. The summed E-state index contributed by atoms with van der Waals surface area (Å²) in [4.78, 5) is 23.7. The molecule has 0 saturated heterocycles. The fraction of sp³-hybridized carbons (Fsp3) is 0.300. The first-order valence-electron chi connectivity index (χ1n) is 8.74. The molecule has 0 aliphatic rings. The summed E-state index contributed by atoms with van der Waals surface area (Å²) < 4.78 is 53.4. The highest BCUT2D eigenvalue weighted by Crippen LogP contribution is 2.30. The summed E-state index contributed by atoms with van der Waals surface area (Å²) in [5.41, 5.74) is -0.610. The number of rotatable bonds is 9. The van der Waals surface area contributed by atoms with Crippen LogP contribution >= 0.6 is 0 Å². The second-order valence-corrected chi connectivity index (χ2v) is 5.76. The Labute approximate surface area is 165 Å². The molecule has 0 bridgehead atoms. The molecule has 2 aromatic rings. The number of benzene rings is 2. The predicted octanol–water partition coefficient (Wildman–Crippen LogP) is 3.92. The van der Waals surface area contributed by atoms with Gasteiger partial charge in [-0.25, -0.2) is 4.79 Å². The molecule has 2 rings (SSSR count). The molecule has 1 amide bonds. The monoisotopic (exact) mass is 411 g/mol. The Morgan fingerprint density at radius 2 is 1.76 bits per heavy atom. The maximum absolute atomic E-state index is 12.7. The van der Waals surface area contributed by atoms with Gasteiger partial charge in [-0.3, -0.25) is 4.79 Å². The lowest BCUT2D eigenvalue weighted by molar-refractivity contribution is -0.147. The maximum Gasteiger partial charge on any atom is 0.416 e. The van der Waals surface area contributed by atoms with Crippen LogP contribution in [0.2, 0.25) is 0 Å². The highest BCUT2D eigenvalue weighted by atomic mass is 19.4. The zero-order valence-electron chi connectivity index (χ0n) is 15.6. The highest BCUT2D eigenvalue weighted by Gasteiger charge is 2.30. The van der Waals surface area contributed by atoms with E-state index in [-0.39, 0.29) is 24.5 Å². The lowest BCUT2D eigenvalue weighted by atomic mass is 10.1. The van der Waals surface area contributed by atoms with E-state index in [1.165, 1.54) is 36.4 Å². The molecular weight excluding hydrogens is 391 g/mol. The van der Waals surface area contributed by atoms with E-state index in [0.29, 0.717) is 19.0 Å². The van der Waals surface area contributed by atoms with Gasteiger partial charge in [0, 0.05) is 17.9 Å². The van der Waals surface area contributed by atoms with Gasteiger partial charge in [-0.1, -0.05) is 6.07 Å². The average molecular weight is 411 g/mol. The summed E-state index contributed by atoms with van der Waals surface area (Å²) in [6.07, 6.45) is -4.50. The number of halogens is 3. The first-order valence-corrected chi connectivity index (χ1v) is 8.74. The third-order valence-electron chi connectivity index (χ3n) is 3.62. The van der Waals surface area contributed by atoms with Gasteiger partial charge in [-0.15, -0.1) is 0 Å². The summed E-state index contributed by atoms with van der Waals surface area (Å²) in [5, 5.41) is 2.41. The van der Waals surface area contributed by atoms with Crippen LogP contribution in [0, 0.1) is 0 Å². The fourth-order valence-electron chi connectivity index (χ4n) is 2.22. The number of esters is 1. The Morgan fingerprint density at radius 3 is 2.41 bits per heavy atom. The predicted molar refractivity (Wildman–Crippen MR) is 98.8 cm³/mol. The average Bonchev–Trinajstić information content (AvgIpc) is 2.69. The second kappa shape index (κ2) is 10.5. The van der Waals surface area contributed by atoms with Crippen LogP contribution in [0.3, 0.4) is 0 Å². The van der Waals surface area contributed by atoms with Crippen molar-refractivity contribution in [3.05, 3.63) is 59.7 Å². The van der Waals surface area contributed by atoms with Crippen molar-refractivity contribution in [1.29, 1.82) is 0 Å². The smallest absolute Gasteiger partial charge is 0.416 e. The first-order chi connectivity index (χ1) is 13.8. The molecule has 0 aromatic heterocycles. The quantitative estimate of drug-likeness (QED) is 0.500. The number of nitrogens with one attached hydrogen (secondary N) is 1. The summed E-state index contributed by atoms with van der Waals surface area (Å²) in [6.45, 7) is 2.49. The van der Waals surface area contributed by atoms with Gasteiger partial charge in [-0.05, 0) is 49.4 Å². The Hall–Kier alpha value is -3.07. The van der Waals surface area contributed by atoms with Crippen molar-refractivity contribution >= 4 is 17.6 Å². The van der Waals surface area contributed by atoms with Crippen molar-refractivity contribution in [2.45, 2.75) is 13.1 Å². The second-order valence-electron chi connectivity index (χ2n) is 5.76. The molecule has 0 heterocycles. The minimum Gasteiger partial charge on any atom is -0.482 e. The molecule has 0 spiro atoms. The maximum atomic E-state index is 12.7. The van der Waals surface area contributed by atoms with Crippen LogP contribution < -0.4 is 10.1 Å². The van der Waals surface area contributed by atoms with Crippen molar-refractivity contribution in [1.82, 2.24) is 0 Å². The Bertz CT molecular complexity index is 822. The minimum atomic E-state index is -4.50. The summed E-state index contributed by atoms with van der Waals surface area (Å²) in [7, 11) is 0. The summed E-state index contributed by atoms with van der Waals surface area (Å²) >= 11 is 0. The fourth-order valence-corrected chi connectivity index (χ4v) is 2.22. The Morgan fingerprint density at radius 1 is 1.03 bits per heavy atom. The molecule has 2 aromatic carbocycles. The van der Waals surface area contributed by atoms with Crippen molar-refractivity contribution in [2.75, 3.05) is 31.7 Å². The van der Waals surface area contributed by atoms with Crippen molar-refractivity contribution < 1.29 is 37.0 Å². The van der Waals surface area contributed by atoms with Gasteiger partial charge in [0.05, 0.1) is 12.2 Å². The first kappa shape index (κ1) is 22.2. The number of amides is 1. The third kappa shape index (κ3) is 7.46. The number of ether oxygens (including phenoxy) is 3. The van der Waals surface area contributed by atoms with Crippen LogP contribution in [-0.4, -0.2) is 38.3 Å². The van der Waals surface area contributed by atoms with Crippen LogP contribution in [0.1, 0.15) is 22.8 Å². The van der Waals surface area contributed by atoms with E-state index in [4.69, 9.17) is 14.2 Å². The van der Waals surface area contributed by atoms with Gasteiger partial charge in [-0.2, -0.15) is 13.2 Å². The topological polar surface area (TPSA) is 73.9 Å². The van der Waals surface area contributed by atoms with E-state index < -0.39 is 23.6 Å². The van der Waals surface area contributed by atoms with Gasteiger partial charge in [0.15, 0.2) is 6.61 Å². The summed E-state index contributed by atoms with van der Waals surface area (Å²) in [5.74, 6) is -0.801. The van der Waals surface area contributed by atoms with Gasteiger partial charge in [0.2, 0.25) is 0 Å². The van der Waals surface area contributed by atoms with E-state index in [1.807, 2.05) is 6.92 Å². The lowest BCUT2D eigenvalue weighted by Gasteiger charge is -2.10. The lowest BCUT2D eigenvalue weighted by Crippen LogP contribution is -2.17. The van der Waals surface area contributed by atoms with Gasteiger partial charge < -0.3 is 19.5 Å². The van der Waals surface area contributed by atoms with Crippen LogP contribution in [0.4, 0.5) is 18.9 Å². The van der Waals surface area contributed by atoms with Crippen molar-refractivity contribution in [3.63, 3.8) is 0 Å². The van der Waals surface area contributed by atoms with Crippen molar-refractivity contribution in [3.8, 4) is 5.75 Å². The Balaban J connectivity index is 1.86. The molecule has 1 N–H and O–H groups in total. The van der Waals surface area contributed by atoms with Crippen LogP contribution in [0.5, 0.6) is 5.75 Å². The van der Waals surface area contributed by atoms with Crippen LogP contribution in [0.25, 0.3) is 0 Å². The van der Waals surface area contributed by atoms with Crippen LogP contribution in [0.15, 0.2) is 48.5 Å². The molecule has 0 aliphatic carbocycles. The van der Waals surface area contributed by atoms with E-state index >= 15 is 0 Å². The van der Waals surface area contributed by atoms with Crippen molar-refractivity contribution in [2.24, 2.45) is 0 Å². The minimum absolute atomic E-state index is 0.0277. The number of carbonyl (C=O) groups is 2. The molecule has 0 saturated carbocycles. The molecule has 29 heavy (non-hydrogen) atoms. The van der Waals surface area contributed by atoms with E-state index in [1.54, 1.807) is 0 Å². The molecule has 0 aliphatic heterocycles. The van der Waals surface area contributed by atoms with Crippen LogP contribution in [-0.2, 0) is 20.4 Å². The molecule has 0 unspecified atom stereocenters. The third-order valence-corrected chi connectivity index (χ3v) is 3.62.